The highest BCUT2D eigenvalue weighted by Crippen LogP contribution is 2.27. The van der Waals surface area contributed by atoms with Gasteiger partial charge in [0.1, 0.15) is 5.92 Å². The number of rotatable bonds is 6. The van der Waals surface area contributed by atoms with Crippen LogP contribution in [0.1, 0.15) is 12.8 Å². The Morgan fingerprint density at radius 3 is 2.47 bits per heavy atom. The summed E-state index contributed by atoms with van der Waals surface area (Å²) in [6.45, 7) is 3.00. The quantitative estimate of drug-likeness (QED) is 0.329. The van der Waals surface area contributed by atoms with E-state index in [1.165, 1.54) is 0 Å². The third kappa shape index (κ3) is 5.23. The van der Waals surface area contributed by atoms with Gasteiger partial charge in [0.25, 0.3) is 0 Å². The first-order valence-corrected chi connectivity index (χ1v) is 6.29. The second kappa shape index (κ2) is 6.95. The minimum atomic E-state index is -4.50. The highest BCUT2D eigenvalue weighted by Gasteiger charge is 2.43. The molecule has 1 atom stereocenters. The lowest BCUT2D eigenvalue weighted by Gasteiger charge is -2.26. The Kier molecular flexibility index (Phi) is 5.86. The number of amidine groups is 1. The lowest BCUT2D eigenvalue weighted by Crippen LogP contribution is -2.44. The summed E-state index contributed by atoms with van der Waals surface area (Å²) in [5.41, 5.74) is 5.11. The van der Waals surface area contributed by atoms with E-state index in [-0.39, 0.29) is 6.54 Å². The van der Waals surface area contributed by atoms with Crippen LogP contribution in [-0.4, -0.2) is 66.8 Å². The Bertz CT molecular complexity index is 303. The summed E-state index contributed by atoms with van der Waals surface area (Å²) in [4.78, 5) is 3.79. The molecule has 1 rings (SSSR count). The summed E-state index contributed by atoms with van der Waals surface area (Å²) in [6, 6.07) is 0. The second-order valence-corrected chi connectivity index (χ2v) is 4.93. The van der Waals surface area contributed by atoms with Crippen molar-refractivity contribution in [3.63, 3.8) is 0 Å². The second-order valence-electron chi connectivity index (χ2n) is 4.93. The Hall–Kier alpha value is -1.02. The highest BCUT2D eigenvalue weighted by molar-refractivity contribution is 5.83. The van der Waals surface area contributed by atoms with Crippen LogP contribution in [0.5, 0.6) is 0 Å². The van der Waals surface area contributed by atoms with Crippen molar-refractivity contribution in [1.29, 1.82) is 0 Å². The standard InChI is InChI=1S/C11H21F3N4O/c1-17(6-7-18-4-2-3-5-18)8-9(10(15)16-19)11(12,13)14/h9,19H,2-8H2,1H3,(H2,15,16). The maximum absolute atomic E-state index is 12.7. The van der Waals surface area contributed by atoms with Crippen molar-refractivity contribution in [3.8, 4) is 0 Å². The number of nitrogens with zero attached hydrogens (tertiary/aromatic N) is 3. The van der Waals surface area contributed by atoms with E-state index in [4.69, 9.17) is 10.9 Å². The lowest BCUT2D eigenvalue weighted by molar-refractivity contribution is -0.159. The number of likely N-dealkylation sites (tertiary alicyclic amines) is 1. The number of alkyl halides is 3. The molecule has 0 aromatic rings. The molecule has 1 saturated heterocycles. The zero-order valence-electron chi connectivity index (χ0n) is 11.0. The largest absolute Gasteiger partial charge is 0.409 e. The minimum absolute atomic E-state index is 0.298. The van der Waals surface area contributed by atoms with Crippen LogP contribution < -0.4 is 5.73 Å². The van der Waals surface area contributed by atoms with Gasteiger partial charge in [-0.3, -0.25) is 0 Å². The fourth-order valence-corrected chi connectivity index (χ4v) is 2.16. The summed E-state index contributed by atoms with van der Waals surface area (Å²) in [5.74, 6) is -2.72. The van der Waals surface area contributed by atoms with Crippen LogP contribution in [0, 0.1) is 5.92 Å². The average Bonchev–Trinajstić information content (AvgIpc) is 2.84. The van der Waals surface area contributed by atoms with Gasteiger partial charge in [0.15, 0.2) is 5.84 Å². The first kappa shape index (κ1) is 16.0. The zero-order valence-corrected chi connectivity index (χ0v) is 11.0. The van der Waals surface area contributed by atoms with E-state index < -0.39 is 17.9 Å². The van der Waals surface area contributed by atoms with Gasteiger partial charge in [-0.2, -0.15) is 13.2 Å². The molecule has 1 heterocycles. The molecule has 8 heteroatoms. The van der Waals surface area contributed by atoms with Crippen molar-refractivity contribution in [2.75, 3.05) is 39.8 Å². The molecular formula is C11H21F3N4O. The number of hydrogen-bond donors (Lipinski definition) is 2. The molecule has 112 valence electrons. The fraction of sp³-hybridized carbons (Fsp3) is 0.909. The monoisotopic (exact) mass is 282 g/mol. The molecule has 1 aliphatic heterocycles. The van der Waals surface area contributed by atoms with Crippen molar-refractivity contribution < 1.29 is 18.4 Å². The Morgan fingerprint density at radius 2 is 2.00 bits per heavy atom. The van der Waals surface area contributed by atoms with Crippen molar-refractivity contribution in [2.24, 2.45) is 16.8 Å². The van der Waals surface area contributed by atoms with Crippen molar-refractivity contribution in [3.05, 3.63) is 0 Å². The first-order valence-electron chi connectivity index (χ1n) is 6.29. The lowest BCUT2D eigenvalue weighted by atomic mass is 10.1. The number of nitrogens with two attached hydrogens (primary N) is 1. The molecule has 3 N–H and O–H groups in total. The van der Waals surface area contributed by atoms with E-state index in [0.717, 1.165) is 32.5 Å². The fourth-order valence-electron chi connectivity index (χ4n) is 2.16. The number of hydrogen-bond acceptors (Lipinski definition) is 4. The van der Waals surface area contributed by atoms with Crippen LogP contribution >= 0.6 is 0 Å². The molecule has 0 aromatic carbocycles. The molecule has 0 bridgehead atoms. The van der Waals surface area contributed by atoms with Gasteiger partial charge < -0.3 is 20.7 Å². The molecule has 1 aliphatic rings. The Morgan fingerprint density at radius 1 is 1.42 bits per heavy atom. The first-order chi connectivity index (χ1) is 8.84. The molecule has 0 spiro atoms. The van der Waals surface area contributed by atoms with Gasteiger partial charge >= 0.3 is 6.18 Å². The van der Waals surface area contributed by atoms with Crippen LogP contribution in [0.15, 0.2) is 5.16 Å². The Labute approximate surface area is 110 Å². The van der Waals surface area contributed by atoms with E-state index in [2.05, 4.69) is 10.1 Å². The van der Waals surface area contributed by atoms with Gasteiger partial charge in [0, 0.05) is 19.6 Å². The minimum Gasteiger partial charge on any atom is -0.409 e. The van der Waals surface area contributed by atoms with Crippen molar-refractivity contribution in [1.82, 2.24) is 9.80 Å². The molecule has 5 nitrogen and oxygen atoms in total. The normalized spacial score (nSPS) is 20.2. The smallest absolute Gasteiger partial charge is 0.400 e. The highest BCUT2D eigenvalue weighted by atomic mass is 19.4. The number of likely N-dealkylation sites (N-methyl/N-ethyl adjacent to an activating group) is 1. The van der Waals surface area contributed by atoms with E-state index in [0.29, 0.717) is 6.54 Å². The summed E-state index contributed by atoms with van der Waals surface area (Å²) in [5, 5.41) is 10.9. The molecular weight excluding hydrogens is 261 g/mol. The third-order valence-electron chi connectivity index (χ3n) is 3.36. The number of halogens is 3. The van der Waals surface area contributed by atoms with Gasteiger partial charge in [-0.05, 0) is 33.0 Å². The maximum atomic E-state index is 12.7. The van der Waals surface area contributed by atoms with Crippen LogP contribution in [0.4, 0.5) is 13.2 Å². The van der Waals surface area contributed by atoms with Crippen LogP contribution in [0.3, 0.4) is 0 Å². The SMILES string of the molecule is CN(CCN1CCCC1)CC(C(N)=NO)C(F)(F)F. The molecule has 0 aliphatic carbocycles. The molecule has 0 radical (unpaired) electrons. The van der Waals surface area contributed by atoms with E-state index in [1.54, 1.807) is 11.9 Å². The van der Waals surface area contributed by atoms with E-state index in [9.17, 15) is 13.2 Å². The topological polar surface area (TPSA) is 65.1 Å². The van der Waals surface area contributed by atoms with Gasteiger partial charge in [0.05, 0.1) is 0 Å². The van der Waals surface area contributed by atoms with Crippen LogP contribution in [0.25, 0.3) is 0 Å². The number of oxime groups is 1. The Balaban J connectivity index is 2.44. The van der Waals surface area contributed by atoms with Gasteiger partial charge in [0.2, 0.25) is 0 Å². The van der Waals surface area contributed by atoms with E-state index >= 15 is 0 Å². The summed E-state index contributed by atoms with van der Waals surface area (Å²) in [6.07, 6.45) is -2.20. The van der Waals surface area contributed by atoms with E-state index in [1.807, 2.05) is 0 Å². The molecule has 1 unspecified atom stereocenters. The summed E-state index contributed by atoms with van der Waals surface area (Å²) in [7, 11) is 1.61. The van der Waals surface area contributed by atoms with Crippen molar-refractivity contribution in [2.45, 2.75) is 19.0 Å². The molecule has 0 aromatic heterocycles. The van der Waals surface area contributed by atoms with Gasteiger partial charge in [-0.1, -0.05) is 5.16 Å². The summed E-state index contributed by atoms with van der Waals surface area (Å²) < 4.78 is 38.2. The van der Waals surface area contributed by atoms with Crippen molar-refractivity contribution >= 4 is 5.84 Å². The maximum Gasteiger partial charge on any atom is 0.400 e. The van der Waals surface area contributed by atoms with Gasteiger partial charge in [-0.15, -0.1) is 0 Å². The molecule has 1 fully saturated rings. The van der Waals surface area contributed by atoms with Gasteiger partial charge in [-0.25, -0.2) is 0 Å². The zero-order chi connectivity index (χ0) is 14.5. The van der Waals surface area contributed by atoms with Crippen LogP contribution in [-0.2, 0) is 0 Å². The predicted octanol–water partition coefficient (Wildman–Crippen LogP) is 0.939. The average molecular weight is 282 g/mol. The molecule has 0 saturated carbocycles. The third-order valence-corrected chi connectivity index (χ3v) is 3.36. The molecule has 19 heavy (non-hydrogen) atoms. The molecule has 0 amide bonds. The summed E-state index contributed by atoms with van der Waals surface area (Å²) >= 11 is 0. The predicted molar refractivity (Wildman–Crippen MR) is 66.1 cm³/mol. The van der Waals surface area contributed by atoms with Crippen LogP contribution in [0.2, 0.25) is 0 Å².